The molecule has 4 nitrogen and oxygen atoms in total. The first-order valence-electron chi connectivity index (χ1n) is 5.55. The lowest BCUT2D eigenvalue weighted by Crippen LogP contribution is -2.32. The van der Waals surface area contributed by atoms with Crippen molar-refractivity contribution in [1.29, 1.82) is 0 Å². The third-order valence-corrected chi connectivity index (χ3v) is 2.56. The summed E-state index contributed by atoms with van der Waals surface area (Å²) in [5.74, 6) is 0.153. The smallest absolute Gasteiger partial charge is 0.230 e. The van der Waals surface area contributed by atoms with Crippen LogP contribution in [0.1, 0.15) is 13.8 Å². The Hall–Kier alpha value is -2.36. The molecule has 0 unspecified atom stereocenters. The van der Waals surface area contributed by atoms with Crippen LogP contribution in [-0.4, -0.2) is 11.8 Å². The average molecular weight is 243 g/mol. The second kappa shape index (κ2) is 4.87. The predicted octanol–water partition coefficient (Wildman–Crippen LogP) is 2.85. The number of carbonyl (C=O) groups excluding carboxylic acids is 2. The van der Waals surface area contributed by atoms with Gasteiger partial charge in [0.15, 0.2) is 0 Å². The Morgan fingerprint density at radius 2 is 1.61 bits per heavy atom. The SMILES string of the molecule is CC(=O)N(C(C)=O)c1ccc(-c2ccco2)cc1. The minimum atomic E-state index is -0.298. The zero-order valence-corrected chi connectivity index (χ0v) is 10.2. The number of furan rings is 1. The molecule has 1 aromatic carbocycles. The lowest BCUT2D eigenvalue weighted by atomic mass is 10.1. The molecule has 1 heterocycles. The maximum atomic E-state index is 11.4. The van der Waals surface area contributed by atoms with Crippen LogP contribution in [0.2, 0.25) is 0 Å². The van der Waals surface area contributed by atoms with Gasteiger partial charge in [0, 0.05) is 19.4 Å². The minimum Gasteiger partial charge on any atom is -0.464 e. The highest BCUT2D eigenvalue weighted by molar-refractivity contribution is 6.13. The second-order valence-corrected chi connectivity index (χ2v) is 3.90. The first-order valence-corrected chi connectivity index (χ1v) is 5.55. The third kappa shape index (κ3) is 2.32. The monoisotopic (exact) mass is 243 g/mol. The van der Waals surface area contributed by atoms with E-state index in [9.17, 15) is 9.59 Å². The number of rotatable bonds is 2. The van der Waals surface area contributed by atoms with Gasteiger partial charge in [-0.25, -0.2) is 0 Å². The van der Waals surface area contributed by atoms with Crippen molar-refractivity contribution in [3.05, 3.63) is 42.7 Å². The molecule has 92 valence electrons. The molecule has 0 N–H and O–H groups in total. The van der Waals surface area contributed by atoms with Crippen LogP contribution in [0.25, 0.3) is 11.3 Å². The fourth-order valence-electron chi connectivity index (χ4n) is 1.80. The fraction of sp³-hybridized carbons (Fsp3) is 0.143. The number of nitrogens with zero attached hydrogens (tertiary/aromatic N) is 1. The summed E-state index contributed by atoms with van der Waals surface area (Å²) in [7, 11) is 0. The van der Waals surface area contributed by atoms with E-state index >= 15 is 0 Å². The molecule has 0 aliphatic rings. The zero-order valence-electron chi connectivity index (χ0n) is 10.2. The van der Waals surface area contributed by atoms with Crippen molar-refractivity contribution >= 4 is 17.5 Å². The number of benzene rings is 1. The molecule has 18 heavy (non-hydrogen) atoms. The normalized spacial score (nSPS) is 10.1. The molecular formula is C14H13NO3. The van der Waals surface area contributed by atoms with Crippen molar-refractivity contribution in [1.82, 2.24) is 0 Å². The molecule has 0 bridgehead atoms. The summed E-state index contributed by atoms with van der Waals surface area (Å²) in [6.45, 7) is 2.73. The Morgan fingerprint density at radius 3 is 2.06 bits per heavy atom. The maximum Gasteiger partial charge on any atom is 0.230 e. The van der Waals surface area contributed by atoms with Crippen molar-refractivity contribution in [2.24, 2.45) is 0 Å². The Balaban J connectivity index is 2.32. The fourth-order valence-corrected chi connectivity index (χ4v) is 1.80. The molecule has 1 aromatic heterocycles. The summed E-state index contributed by atoms with van der Waals surface area (Å²) in [6, 6.07) is 10.7. The van der Waals surface area contributed by atoms with Crippen LogP contribution >= 0.6 is 0 Å². The van der Waals surface area contributed by atoms with E-state index in [0.29, 0.717) is 5.69 Å². The lowest BCUT2D eigenvalue weighted by molar-refractivity contribution is -0.124. The number of imide groups is 1. The third-order valence-electron chi connectivity index (χ3n) is 2.56. The Kier molecular flexibility index (Phi) is 3.28. The summed E-state index contributed by atoms with van der Waals surface area (Å²) in [6.07, 6.45) is 1.60. The largest absolute Gasteiger partial charge is 0.464 e. The van der Waals surface area contributed by atoms with Gasteiger partial charge in [0.05, 0.1) is 12.0 Å². The van der Waals surface area contributed by atoms with E-state index in [2.05, 4.69) is 0 Å². The number of amides is 2. The molecule has 0 aliphatic heterocycles. The van der Waals surface area contributed by atoms with E-state index in [1.807, 2.05) is 18.2 Å². The highest BCUT2D eigenvalue weighted by Gasteiger charge is 2.15. The summed E-state index contributed by atoms with van der Waals surface area (Å²) in [5.41, 5.74) is 1.46. The van der Waals surface area contributed by atoms with Crippen molar-refractivity contribution in [3.8, 4) is 11.3 Å². The molecule has 4 heteroatoms. The van der Waals surface area contributed by atoms with Gasteiger partial charge in [-0.3, -0.25) is 14.5 Å². The first-order chi connectivity index (χ1) is 8.59. The topological polar surface area (TPSA) is 50.5 Å². The predicted molar refractivity (Wildman–Crippen MR) is 68.0 cm³/mol. The average Bonchev–Trinajstić information content (AvgIpc) is 2.82. The van der Waals surface area contributed by atoms with E-state index in [-0.39, 0.29) is 11.8 Å². The summed E-state index contributed by atoms with van der Waals surface area (Å²) < 4.78 is 5.27. The van der Waals surface area contributed by atoms with Gasteiger partial charge in [-0.1, -0.05) is 0 Å². The Morgan fingerprint density at radius 1 is 1.00 bits per heavy atom. The molecule has 2 rings (SSSR count). The number of hydrogen-bond donors (Lipinski definition) is 0. The minimum absolute atomic E-state index is 0.298. The molecule has 0 radical (unpaired) electrons. The van der Waals surface area contributed by atoms with E-state index in [1.165, 1.54) is 13.8 Å². The van der Waals surface area contributed by atoms with Crippen molar-refractivity contribution in [2.45, 2.75) is 13.8 Å². The van der Waals surface area contributed by atoms with Crippen LogP contribution in [0.15, 0.2) is 47.1 Å². The molecule has 0 saturated heterocycles. The molecule has 0 spiro atoms. The Bertz CT molecular complexity index is 541. The van der Waals surface area contributed by atoms with Crippen molar-refractivity contribution in [3.63, 3.8) is 0 Å². The highest BCUT2D eigenvalue weighted by atomic mass is 16.3. The van der Waals surface area contributed by atoms with E-state index in [4.69, 9.17) is 4.42 Å². The van der Waals surface area contributed by atoms with E-state index in [0.717, 1.165) is 16.2 Å². The molecule has 2 aromatic rings. The highest BCUT2D eigenvalue weighted by Crippen LogP contribution is 2.23. The van der Waals surface area contributed by atoms with Crippen LogP contribution in [0.4, 0.5) is 5.69 Å². The molecule has 0 saturated carbocycles. The van der Waals surface area contributed by atoms with Gasteiger partial charge >= 0.3 is 0 Å². The van der Waals surface area contributed by atoms with Gasteiger partial charge in [-0.15, -0.1) is 0 Å². The van der Waals surface area contributed by atoms with Gasteiger partial charge in [0.25, 0.3) is 0 Å². The van der Waals surface area contributed by atoms with E-state index in [1.54, 1.807) is 24.5 Å². The van der Waals surface area contributed by atoms with Crippen LogP contribution < -0.4 is 4.90 Å². The molecule has 0 aliphatic carbocycles. The summed E-state index contributed by atoms with van der Waals surface area (Å²) in [5, 5.41) is 0. The van der Waals surface area contributed by atoms with Gasteiger partial charge in [0.1, 0.15) is 5.76 Å². The molecule has 0 fully saturated rings. The first kappa shape index (κ1) is 12.1. The van der Waals surface area contributed by atoms with Gasteiger partial charge in [-0.2, -0.15) is 0 Å². The Labute approximate surface area is 105 Å². The van der Waals surface area contributed by atoms with Crippen molar-refractivity contribution in [2.75, 3.05) is 4.90 Å². The molecule has 2 amide bonds. The maximum absolute atomic E-state index is 11.4. The second-order valence-electron chi connectivity index (χ2n) is 3.90. The van der Waals surface area contributed by atoms with Crippen LogP contribution in [0, 0.1) is 0 Å². The summed E-state index contributed by atoms with van der Waals surface area (Å²) in [4.78, 5) is 23.9. The molecular weight excluding hydrogens is 230 g/mol. The van der Waals surface area contributed by atoms with Crippen LogP contribution in [-0.2, 0) is 9.59 Å². The number of hydrogen-bond acceptors (Lipinski definition) is 3. The van der Waals surface area contributed by atoms with Gasteiger partial charge in [-0.05, 0) is 36.4 Å². The van der Waals surface area contributed by atoms with Gasteiger partial charge in [0.2, 0.25) is 11.8 Å². The molecule has 0 atom stereocenters. The lowest BCUT2D eigenvalue weighted by Gasteiger charge is -2.17. The van der Waals surface area contributed by atoms with Gasteiger partial charge < -0.3 is 4.42 Å². The zero-order chi connectivity index (χ0) is 13.1. The summed E-state index contributed by atoms with van der Waals surface area (Å²) >= 11 is 0. The quantitative estimate of drug-likeness (QED) is 0.814. The number of anilines is 1. The van der Waals surface area contributed by atoms with Crippen LogP contribution in [0.5, 0.6) is 0 Å². The number of carbonyl (C=O) groups is 2. The van der Waals surface area contributed by atoms with E-state index < -0.39 is 0 Å². The van der Waals surface area contributed by atoms with Crippen molar-refractivity contribution < 1.29 is 14.0 Å². The van der Waals surface area contributed by atoms with Crippen LogP contribution in [0.3, 0.4) is 0 Å². The standard InChI is InChI=1S/C14H13NO3/c1-10(16)15(11(2)17)13-7-5-12(6-8-13)14-4-3-9-18-14/h3-9H,1-2H3.